The first-order valence-electron chi connectivity index (χ1n) is 12.5. The number of Topliss-reactive ketones (excluding diaryl/α,β-unsaturated/α-hetero) is 1. The van der Waals surface area contributed by atoms with Crippen molar-refractivity contribution in [1.82, 2.24) is 14.6 Å². The molecule has 0 saturated carbocycles. The van der Waals surface area contributed by atoms with E-state index in [2.05, 4.69) is 4.98 Å². The maximum atomic E-state index is 13.8. The van der Waals surface area contributed by atoms with E-state index >= 15 is 0 Å². The molecule has 41 heavy (non-hydrogen) atoms. The van der Waals surface area contributed by atoms with E-state index < -0.39 is 22.0 Å². The highest BCUT2D eigenvalue weighted by Gasteiger charge is 2.35. The fourth-order valence-electron chi connectivity index (χ4n) is 4.65. The Hall–Kier alpha value is -4.05. The molecule has 1 aliphatic rings. The van der Waals surface area contributed by atoms with Crippen molar-refractivity contribution in [2.45, 2.75) is 30.3 Å². The molecule has 0 radical (unpaired) electrons. The Labute approximate surface area is 247 Å². The molecular weight excluding hydrogens is 585 g/mol. The predicted molar refractivity (Wildman–Crippen MR) is 154 cm³/mol. The first kappa shape index (κ1) is 28.5. The summed E-state index contributed by atoms with van der Waals surface area (Å²) in [5.41, 5.74) is 2.54. The molecule has 2 heterocycles. The van der Waals surface area contributed by atoms with E-state index in [1.54, 1.807) is 48.8 Å². The van der Waals surface area contributed by atoms with Crippen molar-refractivity contribution in [3.63, 3.8) is 0 Å². The van der Waals surface area contributed by atoms with E-state index in [-0.39, 0.29) is 41.5 Å². The second-order valence-electron chi connectivity index (χ2n) is 9.54. The van der Waals surface area contributed by atoms with Crippen LogP contribution in [0.25, 0.3) is 0 Å². The topological polar surface area (TPSA) is 114 Å². The molecule has 11 heteroatoms. The molecule has 0 unspecified atom stereocenters. The van der Waals surface area contributed by atoms with Crippen LogP contribution in [0.3, 0.4) is 0 Å². The normalized spacial score (nSPS) is 15.3. The molecule has 0 aliphatic carbocycles. The Bertz CT molecular complexity index is 1730. The average Bonchev–Trinajstić information content (AvgIpc) is 3.03. The summed E-state index contributed by atoms with van der Waals surface area (Å²) < 4.78 is 27.2. The lowest BCUT2D eigenvalue weighted by molar-refractivity contribution is -0.122. The highest BCUT2D eigenvalue weighted by molar-refractivity contribution is 7.90. The molecule has 3 aromatic carbocycles. The first-order chi connectivity index (χ1) is 19.6. The lowest BCUT2D eigenvalue weighted by atomic mass is 9.98. The van der Waals surface area contributed by atoms with Gasteiger partial charge in [-0.3, -0.25) is 19.4 Å². The summed E-state index contributed by atoms with van der Waals surface area (Å²) >= 11 is 12.0. The van der Waals surface area contributed by atoms with Crippen molar-refractivity contribution in [3.05, 3.63) is 129 Å². The number of benzene rings is 3. The number of halogens is 2. The van der Waals surface area contributed by atoms with Crippen LogP contribution in [0, 0.1) is 0 Å². The summed E-state index contributed by atoms with van der Waals surface area (Å²) in [6, 6.07) is 19.4. The van der Waals surface area contributed by atoms with Gasteiger partial charge in [-0.2, -0.15) is 0 Å². The monoisotopic (exact) mass is 607 g/mol. The number of ketones is 1. The second kappa shape index (κ2) is 11.8. The third-order valence-corrected chi connectivity index (χ3v) is 8.58. The van der Waals surface area contributed by atoms with E-state index in [1.807, 2.05) is 10.8 Å². The van der Waals surface area contributed by atoms with Crippen molar-refractivity contribution in [1.29, 1.82) is 0 Å². The molecule has 8 nitrogen and oxygen atoms in total. The minimum Gasteiger partial charge on any atom is -0.324 e. The smallest absolute Gasteiger partial charge is 0.264 e. The number of rotatable bonds is 7. The van der Waals surface area contributed by atoms with Gasteiger partial charge in [-0.25, -0.2) is 13.1 Å². The van der Waals surface area contributed by atoms with Crippen LogP contribution >= 0.6 is 23.2 Å². The van der Waals surface area contributed by atoms with Crippen molar-refractivity contribution >= 4 is 50.8 Å². The van der Waals surface area contributed by atoms with Gasteiger partial charge < -0.3 is 4.90 Å². The van der Waals surface area contributed by atoms with Gasteiger partial charge in [0.25, 0.3) is 21.8 Å². The van der Waals surface area contributed by atoms with Gasteiger partial charge in [0.05, 0.1) is 10.9 Å². The zero-order chi connectivity index (χ0) is 29.1. The number of carbonyl (C=O) groups excluding carboxylic acids is 3. The summed E-state index contributed by atoms with van der Waals surface area (Å²) in [4.78, 5) is 45.5. The molecule has 5 rings (SSSR count). The summed E-state index contributed by atoms with van der Waals surface area (Å²) in [6.07, 6.45) is 3.64. The Morgan fingerprint density at radius 2 is 1.63 bits per heavy atom. The number of amides is 2. The van der Waals surface area contributed by atoms with Crippen molar-refractivity contribution in [2.24, 2.45) is 0 Å². The van der Waals surface area contributed by atoms with Crippen LogP contribution in [-0.2, 0) is 34.2 Å². The summed E-state index contributed by atoms with van der Waals surface area (Å²) in [5, 5.41) is 0.805. The zero-order valence-corrected chi connectivity index (χ0v) is 23.8. The lowest BCUT2D eigenvalue weighted by Gasteiger charge is -2.29. The molecule has 208 valence electrons. The van der Waals surface area contributed by atoms with Crippen LogP contribution in [0.15, 0.2) is 96.2 Å². The summed E-state index contributed by atoms with van der Waals surface area (Å²) in [7, 11) is -4.11. The van der Waals surface area contributed by atoms with Gasteiger partial charge in [0.15, 0.2) is 5.78 Å². The number of aromatic nitrogens is 1. The van der Waals surface area contributed by atoms with Gasteiger partial charge in [-0.15, -0.1) is 0 Å². The SMILES string of the molecule is O=C(NS(=O)(=O)c1ccc(Cl)cc1)c1ccc(CN2C(=O)c3ccc(Cl)cc3CC(=O)[C@H]2Cc2cccnc2)cc1. The van der Waals surface area contributed by atoms with E-state index in [1.165, 1.54) is 41.3 Å². The number of nitrogens with zero attached hydrogens (tertiary/aromatic N) is 2. The molecule has 1 atom stereocenters. The maximum absolute atomic E-state index is 13.8. The van der Waals surface area contributed by atoms with Crippen molar-refractivity contribution in [2.75, 3.05) is 0 Å². The molecule has 0 bridgehead atoms. The van der Waals surface area contributed by atoms with Crippen LogP contribution in [0.4, 0.5) is 0 Å². The van der Waals surface area contributed by atoms with Gasteiger partial charge in [0, 0.05) is 53.0 Å². The quantitative estimate of drug-likeness (QED) is 0.320. The third kappa shape index (κ3) is 6.48. The molecule has 0 spiro atoms. The van der Waals surface area contributed by atoms with Crippen LogP contribution in [0.2, 0.25) is 10.0 Å². The Balaban J connectivity index is 1.39. The van der Waals surface area contributed by atoms with E-state index in [0.29, 0.717) is 26.7 Å². The van der Waals surface area contributed by atoms with Gasteiger partial charge in [-0.1, -0.05) is 41.4 Å². The number of sulfonamides is 1. The van der Waals surface area contributed by atoms with Gasteiger partial charge in [0.1, 0.15) is 0 Å². The molecule has 0 saturated heterocycles. The van der Waals surface area contributed by atoms with Crippen molar-refractivity contribution in [3.8, 4) is 0 Å². The number of nitrogens with one attached hydrogen (secondary N) is 1. The van der Waals surface area contributed by atoms with E-state index in [0.717, 1.165) is 5.56 Å². The molecule has 1 aromatic heterocycles. The van der Waals surface area contributed by atoms with Crippen LogP contribution < -0.4 is 4.72 Å². The summed E-state index contributed by atoms with van der Waals surface area (Å²) in [6.45, 7) is 0.0859. The Morgan fingerprint density at radius 1 is 0.927 bits per heavy atom. The second-order valence-corrected chi connectivity index (χ2v) is 12.1. The minimum atomic E-state index is -4.11. The average molecular weight is 609 g/mol. The van der Waals surface area contributed by atoms with Gasteiger partial charge >= 0.3 is 0 Å². The first-order valence-corrected chi connectivity index (χ1v) is 14.8. The van der Waals surface area contributed by atoms with Gasteiger partial charge in [-0.05, 0) is 77.4 Å². The van der Waals surface area contributed by atoms with E-state index in [4.69, 9.17) is 23.2 Å². The largest absolute Gasteiger partial charge is 0.324 e. The molecule has 1 N–H and O–H groups in total. The van der Waals surface area contributed by atoms with Gasteiger partial charge in [0.2, 0.25) is 0 Å². The Kier molecular flexibility index (Phi) is 8.21. The number of carbonyl (C=O) groups is 3. The molecule has 4 aromatic rings. The number of fused-ring (bicyclic) bond motifs is 1. The highest BCUT2D eigenvalue weighted by atomic mass is 35.5. The van der Waals surface area contributed by atoms with Crippen LogP contribution in [0.5, 0.6) is 0 Å². The Morgan fingerprint density at radius 3 is 2.32 bits per heavy atom. The fraction of sp³-hybridized carbons (Fsp3) is 0.133. The predicted octanol–water partition coefficient (Wildman–Crippen LogP) is 4.89. The molecular formula is C30H23Cl2N3O5S. The number of hydrogen-bond acceptors (Lipinski definition) is 6. The molecule has 0 fully saturated rings. The van der Waals surface area contributed by atoms with Crippen LogP contribution in [-0.4, -0.2) is 41.9 Å². The summed E-state index contributed by atoms with van der Waals surface area (Å²) in [5.74, 6) is -1.26. The number of pyridine rings is 1. The minimum absolute atomic E-state index is 0.0598. The highest BCUT2D eigenvalue weighted by Crippen LogP contribution is 2.27. The van der Waals surface area contributed by atoms with Crippen molar-refractivity contribution < 1.29 is 22.8 Å². The fourth-order valence-corrected chi connectivity index (χ4v) is 5.95. The number of hydrogen-bond donors (Lipinski definition) is 1. The third-order valence-electron chi connectivity index (χ3n) is 6.74. The molecule has 1 aliphatic heterocycles. The maximum Gasteiger partial charge on any atom is 0.264 e. The zero-order valence-electron chi connectivity index (χ0n) is 21.5. The molecule has 2 amide bonds. The van der Waals surface area contributed by atoms with E-state index in [9.17, 15) is 22.8 Å². The standard InChI is InChI=1S/C30H23Cl2N3O5S/c31-23-7-10-25(11-8-23)41(39,40)34-29(37)21-5-3-19(4-6-21)18-35-27(14-20-2-1-13-33-17-20)28(36)16-22-15-24(32)9-12-26(22)30(35)38/h1-13,15,17,27H,14,16,18H2,(H,34,37)/t27-/m1/s1. The van der Waals surface area contributed by atoms with Crippen LogP contribution in [0.1, 0.15) is 37.4 Å². The lowest BCUT2D eigenvalue weighted by Crippen LogP contribution is -2.44.